The van der Waals surface area contributed by atoms with Gasteiger partial charge < -0.3 is 5.11 Å². The van der Waals surface area contributed by atoms with Gasteiger partial charge in [-0.1, -0.05) is 18.2 Å². The summed E-state index contributed by atoms with van der Waals surface area (Å²) in [6.45, 7) is 3.64. The minimum Gasteiger partial charge on any atom is -0.506 e. The van der Waals surface area contributed by atoms with E-state index >= 15 is 0 Å². The summed E-state index contributed by atoms with van der Waals surface area (Å²) in [5.41, 5.74) is 1.89. The average molecular weight is 277 g/mol. The topological polar surface area (TPSA) is 66.4 Å². The van der Waals surface area contributed by atoms with Crippen molar-refractivity contribution in [3.8, 4) is 5.75 Å². The molecule has 0 unspecified atom stereocenters. The van der Waals surface area contributed by atoms with Gasteiger partial charge in [0.15, 0.2) is 0 Å². The van der Waals surface area contributed by atoms with Gasteiger partial charge in [0.25, 0.3) is 10.0 Å². The molecular weight excluding hydrogens is 262 g/mol. The maximum Gasteiger partial charge on any atom is 0.262 e. The molecule has 0 aromatic heterocycles. The van der Waals surface area contributed by atoms with E-state index < -0.39 is 10.0 Å². The Labute approximate surface area is 112 Å². The highest BCUT2D eigenvalue weighted by molar-refractivity contribution is 7.92. The quantitative estimate of drug-likeness (QED) is 0.848. The molecule has 2 N–H and O–H groups in total. The van der Waals surface area contributed by atoms with Crippen LogP contribution in [-0.2, 0) is 10.0 Å². The largest absolute Gasteiger partial charge is 0.506 e. The molecule has 5 heteroatoms. The summed E-state index contributed by atoms with van der Waals surface area (Å²) >= 11 is 0. The Morgan fingerprint density at radius 3 is 2.32 bits per heavy atom. The predicted octanol–water partition coefficient (Wildman–Crippen LogP) is 2.81. The summed E-state index contributed by atoms with van der Waals surface area (Å²) in [4.78, 5) is 0.174. The fourth-order valence-corrected chi connectivity index (χ4v) is 2.89. The van der Waals surface area contributed by atoms with Gasteiger partial charge in [-0.2, -0.15) is 0 Å². The molecule has 0 aliphatic rings. The number of hydrogen-bond donors (Lipinski definition) is 2. The molecule has 0 heterocycles. The van der Waals surface area contributed by atoms with Crippen molar-refractivity contribution in [1.29, 1.82) is 0 Å². The lowest BCUT2D eigenvalue weighted by Gasteiger charge is -2.10. The number of benzene rings is 2. The van der Waals surface area contributed by atoms with Gasteiger partial charge in [0.2, 0.25) is 0 Å². The van der Waals surface area contributed by atoms with Gasteiger partial charge in [-0.3, -0.25) is 4.72 Å². The van der Waals surface area contributed by atoms with Crippen LogP contribution < -0.4 is 4.72 Å². The molecule has 2 aromatic rings. The van der Waals surface area contributed by atoms with Crippen molar-refractivity contribution >= 4 is 15.7 Å². The third-order valence-electron chi connectivity index (χ3n) is 2.70. The van der Waals surface area contributed by atoms with E-state index in [9.17, 15) is 13.5 Å². The van der Waals surface area contributed by atoms with Gasteiger partial charge in [-0.25, -0.2) is 8.42 Å². The molecule has 0 bridgehead atoms. The van der Waals surface area contributed by atoms with Crippen LogP contribution in [0.4, 0.5) is 5.69 Å². The van der Waals surface area contributed by atoms with Crippen LogP contribution in [0.3, 0.4) is 0 Å². The van der Waals surface area contributed by atoms with Crippen molar-refractivity contribution < 1.29 is 13.5 Å². The van der Waals surface area contributed by atoms with Crippen LogP contribution in [-0.4, -0.2) is 13.5 Å². The Morgan fingerprint density at radius 1 is 1.00 bits per heavy atom. The van der Waals surface area contributed by atoms with Crippen molar-refractivity contribution in [3.63, 3.8) is 0 Å². The Bertz CT molecular complexity index is 708. The fourth-order valence-electron chi connectivity index (χ4n) is 1.71. The fraction of sp³-hybridized carbons (Fsp3) is 0.143. The first-order valence-electron chi connectivity index (χ1n) is 5.77. The minimum atomic E-state index is -3.68. The molecule has 4 nitrogen and oxygen atoms in total. The van der Waals surface area contributed by atoms with Crippen LogP contribution in [0, 0.1) is 13.8 Å². The van der Waals surface area contributed by atoms with Gasteiger partial charge in [-0.15, -0.1) is 0 Å². The van der Waals surface area contributed by atoms with E-state index in [0.717, 1.165) is 11.1 Å². The maximum absolute atomic E-state index is 12.2. The second kappa shape index (κ2) is 4.93. The summed E-state index contributed by atoms with van der Waals surface area (Å²) in [6, 6.07) is 11.4. The lowest BCUT2D eigenvalue weighted by Crippen LogP contribution is -2.13. The molecule has 0 atom stereocenters. The molecule has 0 saturated carbocycles. The van der Waals surface area contributed by atoms with Crippen molar-refractivity contribution in [2.24, 2.45) is 0 Å². The molecule has 0 spiro atoms. The molecule has 0 saturated heterocycles. The summed E-state index contributed by atoms with van der Waals surface area (Å²) in [6.07, 6.45) is 0. The molecule has 2 rings (SSSR count). The number of aromatic hydroxyl groups is 1. The normalized spacial score (nSPS) is 11.3. The molecule has 0 aliphatic carbocycles. The van der Waals surface area contributed by atoms with E-state index in [-0.39, 0.29) is 16.3 Å². The zero-order valence-electron chi connectivity index (χ0n) is 10.7. The molecule has 100 valence electrons. The molecule has 19 heavy (non-hydrogen) atoms. The SMILES string of the molecule is Cc1cccc(S(=O)(=O)Nc2ccc(C)cc2O)c1. The highest BCUT2D eigenvalue weighted by atomic mass is 32.2. The molecule has 0 fully saturated rings. The standard InChI is InChI=1S/C14H15NO3S/c1-10-4-3-5-12(8-10)19(17,18)15-13-7-6-11(2)9-14(13)16/h3-9,15-16H,1-2H3. The van der Waals surface area contributed by atoms with Gasteiger partial charge in [0.05, 0.1) is 10.6 Å². The summed E-state index contributed by atoms with van der Waals surface area (Å²) in [5.74, 6) is -0.0868. The second-order valence-corrected chi connectivity index (χ2v) is 6.13. The van der Waals surface area contributed by atoms with Crippen LogP contribution in [0.5, 0.6) is 5.75 Å². The first-order chi connectivity index (χ1) is 8.88. The van der Waals surface area contributed by atoms with Crippen LogP contribution in [0.25, 0.3) is 0 Å². The van der Waals surface area contributed by atoms with Crippen molar-refractivity contribution in [3.05, 3.63) is 53.6 Å². The first-order valence-corrected chi connectivity index (χ1v) is 7.26. The highest BCUT2D eigenvalue weighted by Crippen LogP contribution is 2.26. The van der Waals surface area contributed by atoms with Crippen LogP contribution in [0.1, 0.15) is 11.1 Å². The Kier molecular flexibility index (Phi) is 3.48. The number of sulfonamides is 1. The lowest BCUT2D eigenvalue weighted by atomic mass is 10.2. The summed E-state index contributed by atoms with van der Waals surface area (Å²) < 4.78 is 26.7. The van der Waals surface area contributed by atoms with Gasteiger partial charge in [-0.05, 0) is 49.2 Å². The number of nitrogens with one attached hydrogen (secondary N) is 1. The number of phenolic OH excluding ortho intramolecular Hbond substituents is 1. The first kappa shape index (κ1) is 13.4. The van der Waals surface area contributed by atoms with E-state index in [1.165, 1.54) is 18.2 Å². The maximum atomic E-state index is 12.2. The highest BCUT2D eigenvalue weighted by Gasteiger charge is 2.15. The van der Waals surface area contributed by atoms with Crippen LogP contribution >= 0.6 is 0 Å². The molecule has 2 aromatic carbocycles. The van der Waals surface area contributed by atoms with E-state index in [0.29, 0.717) is 0 Å². The van der Waals surface area contributed by atoms with E-state index in [4.69, 9.17) is 0 Å². The van der Waals surface area contributed by atoms with Crippen molar-refractivity contribution in [1.82, 2.24) is 0 Å². The summed E-state index contributed by atoms with van der Waals surface area (Å²) in [7, 11) is -3.68. The van der Waals surface area contributed by atoms with E-state index in [1.54, 1.807) is 18.2 Å². The van der Waals surface area contributed by atoms with Crippen LogP contribution in [0.2, 0.25) is 0 Å². The number of aryl methyl sites for hydroxylation is 2. The Morgan fingerprint density at radius 2 is 1.68 bits per heavy atom. The minimum absolute atomic E-state index is 0.0868. The average Bonchev–Trinajstić information content (AvgIpc) is 2.33. The molecule has 0 amide bonds. The smallest absolute Gasteiger partial charge is 0.262 e. The molecular formula is C14H15NO3S. The second-order valence-electron chi connectivity index (χ2n) is 4.44. The number of anilines is 1. The lowest BCUT2D eigenvalue weighted by molar-refractivity contribution is 0.477. The Balaban J connectivity index is 2.36. The van der Waals surface area contributed by atoms with Crippen LogP contribution in [0.15, 0.2) is 47.4 Å². The van der Waals surface area contributed by atoms with Gasteiger partial charge in [0.1, 0.15) is 5.75 Å². The number of hydrogen-bond acceptors (Lipinski definition) is 3. The number of rotatable bonds is 3. The molecule has 0 aliphatic heterocycles. The predicted molar refractivity (Wildman–Crippen MR) is 74.8 cm³/mol. The third-order valence-corrected chi connectivity index (χ3v) is 4.06. The zero-order valence-corrected chi connectivity index (χ0v) is 11.5. The zero-order chi connectivity index (χ0) is 14.0. The van der Waals surface area contributed by atoms with Crippen molar-refractivity contribution in [2.45, 2.75) is 18.7 Å². The molecule has 0 radical (unpaired) electrons. The van der Waals surface area contributed by atoms with Gasteiger partial charge in [0, 0.05) is 0 Å². The number of phenols is 1. The van der Waals surface area contributed by atoms with Crippen molar-refractivity contribution in [2.75, 3.05) is 4.72 Å². The summed E-state index contributed by atoms with van der Waals surface area (Å²) in [5, 5.41) is 9.73. The van der Waals surface area contributed by atoms with E-state index in [1.807, 2.05) is 19.9 Å². The van der Waals surface area contributed by atoms with Gasteiger partial charge >= 0.3 is 0 Å². The van der Waals surface area contributed by atoms with E-state index in [2.05, 4.69) is 4.72 Å². The monoisotopic (exact) mass is 277 g/mol. The third kappa shape index (κ3) is 3.06. The Hall–Kier alpha value is -2.01.